The van der Waals surface area contributed by atoms with Crippen molar-refractivity contribution in [2.24, 2.45) is 11.7 Å². The minimum atomic E-state index is -0.703. The van der Waals surface area contributed by atoms with Crippen molar-refractivity contribution in [1.82, 2.24) is 0 Å². The Bertz CT molecular complexity index is 115. The summed E-state index contributed by atoms with van der Waals surface area (Å²) in [4.78, 5) is 10.2. The molecule has 0 aromatic rings. The van der Waals surface area contributed by atoms with Crippen molar-refractivity contribution >= 4 is 5.97 Å². The van der Waals surface area contributed by atoms with Crippen LogP contribution >= 0.6 is 0 Å². The van der Waals surface area contributed by atoms with Gasteiger partial charge in [0.2, 0.25) is 0 Å². The zero-order chi connectivity index (χ0) is 8.69. The summed E-state index contributed by atoms with van der Waals surface area (Å²) < 4.78 is 0. The molecule has 0 spiro atoms. The molecule has 3 heteroatoms. The van der Waals surface area contributed by atoms with Crippen LogP contribution in [0.25, 0.3) is 0 Å². The van der Waals surface area contributed by atoms with Crippen LogP contribution in [0, 0.1) is 5.92 Å². The monoisotopic (exact) mass is 159 g/mol. The number of rotatable bonds is 6. The molecule has 0 fully saturated rings. The van der Waals surface area contributed by atoms with Crippen molar-refractivity contribution in [2.75, 3.05) is 6.54 Å². The van der Waals surface area contributed by atoms with Crippen molar-refractivity contribution in [3.8, 4) is 0 Å². The molecule has 0 aliphatic rings. The molecular formula is C8H17NO2. The minimum Gasteiger partial charge on any atom is -0.481 e. The van der Waals surface area contributed by atoms with Gasteiger partial charge >= 0.3 is 5.97 Å². The molecule has 0 bridgehead atoms. The van der Waals surface area contributed by atoms with Crippen LogP contribution in [0.4, 0.5) is 0 Å². The molecule has 3 nitrogen and oxygen atoms in total. The van der Waals surface area contributed by atoms with E-state index in [1.165, 1.54) is 0 Å². The lowest BCUT2D eigenvalue weighted by Crippen LogP contribution is -2.05. The Morgan fingerprint density at radius 3 is 2.64 bits per heavy atom. The number of carboxylic acid groups (broad SMARTS) is 1. The van der Waals surface area contributed by atoms with Crippen LogP contribution in [0.1, 0.15) is 32.6 Å². The maximum absolute atomic E-state index is 10.2. The Hall–Kier alpha value is -0.570. The lowest BCUT2D eigenvalue weighted by molar-refractivity contribution is -0.138. The van der Waals surface area contributed by atoms with E-state index in [0.717, 1.165) is 19.3 Å². The summed E-state index contributed by atoms with van der Waals surface area (Å²) in [6.07, 6.45) is 3.31. The predicted octanol–water partition coefficient (Wildman–Crippen LogP) is 1.23. The molecule has 3 N–H and O–H groups in total. The molecule has 0 rings (SSSR count). The summed E-state index contributed by atoms with van der Waals surface area (Å²) in [5, 5.41) is 8.42. The Balaban J connectivity index is 3.22. The second kappa shape index (κ2) is 6.16. The number of aliphatic carboxylic acids is 1. The fourth-order valence-electron chi connectivity index (χ4n) is 1.04. The second-order valence-electron chi connectivity index (χ2n) is 2.99. The Morgan fingerprint density at radius 2 is 2.18 bits per heavy atom. The van der Waals surface area contributed by atoms with Crippen molar-refractivity contribution in [3.63, 3.8) is 0 Å². The maximum atomic E-state index is 10.2. The number of unbranched alkanes of at least 4 members (excludes halogenated alkanes) is 1. The summed E-state index contributed by atoms with van der Waals surface area (Å²) in [6.45, 7) is 2.67. The SMILES string of the molecule is C[C@@H](CCCCN)CC(=O)O. The van der Waals surface area contributed by atoms with Gasteiger partial charge < -0.3 is 10.8 Å². The third kappa shape index (κ3) is 7.33. The number of carboxylic acids is 1. The molecule has 1 atom stereocenters. The molecule has 0 amide bonds. The third-order valence-corrected chi connectivity index (χ3v) is 1.67. The van der Waals surface area contributed by atoms with Crippen molar-refractivity contribution in [1.29, 1.82) is 0 Å². The smallest absolute Gasteiger partial charge is 0.303 e. The first-order valence-corrected chi connectivity index (χ1v) is 4.08. The molecule has 0 aromatic carbocycles. The lowest BCUT2D eigenvalue weighted by Gasteiger charge is -2.06. The fraction of sp³-hybridized carbons (Fsp3) is 0.875. The largest absolute Gasteiger partial charge is 0.481 e. The van der Waals surface area contributed by atoms with E-state index < -0.39 is 5.97 Å². The Kier molecular flexibility index (Phi) is 5.84. The van der Waals surface area contributed by atoms with Crippen LogP contribution in [0.2, 0.25) is 0 Å². The van der Waals surface area contributed by atoms with E-state index in [1.807, 2.05) is 6.92 Å². The van der Waals surface area contributed by atoms with Gasteiger partial charge in [-0.3, -0.25) is 4.79 Å². The van der Waals surface area contributed by atoms with Gasteiger partial charge in [-0.2, -0.15) is 0 Å². The van der Waals surface area contributed by atoms with Crippen molar-refractivity contribution in [3.05, 3.63) is 0 Å². The third-order valence-electron chi connectivity index (χ3n) is 1.67. The van der Waals surface area contributed by atoms with Crippen LogP contribution in [-0.4, -0.2) is 17.6 Å². The highest BCUT2D eigenvalue weighted by atomic mass is 16.4. The van der Waals surface area contributed by atoms with Crippen molar-refractivity contribution in [2.45, 2.75) is 32.6 Å². The molecule has 11 heavy (non-hydrogen) atoms. The van der Waals surface area contributed by atoms with E-state index in [1.54, 1.807) is 0 Å². The van der Waals surface area contributed by atoms with E-state index in [9.17, 15) is 4.79 Å². The van der Waals surface area contributed by atoms with Gasteiger partial charge in [-0.15, -0.1) is 0 Å². The normalized spacial score (nSPS) is 12.9. The Labute approximate surface area is 67.6 Å². The van der Waals surface area contributed by atoms with Crippen LogP contribution < -0.4 is 5.73 Å². The van der Waals surface area contributed by atoms with Crippen LogP contribution in [0.5, 0.6) is 0 Å². The van der Waals surface area contributed by atoms with E-state index in [-0.39, 0.29) is 6.42 Å². The summed E-state index contributed by atoms with van der Waals surface area (Å²) in [6, 6.07) is 0. The van der Waals surface area contributed by atoms with Crippen molar-refractivity contribution < 1.29 is 9.90 Å². The van der Waals surface area contributed by atoms with Crippen LogP contribution in [-0.2, 0) is 4.79 Å². The summed E-state index contributed by atoms with van der Waals surface area (Å²) in [5.74, 6) is -0.413. The zero-order valence-electron chi connectivity index (χ0n) is 7.05. The highest BCUT2D eigenvalue weighted by Crippen LogP contribution is 2.10. The zero-order valence-corrected chi connectivity index (χ0v) is 7.05. The molecule has 0 saturated carbocycles. The number of nitrogens with two attached hydrogens (primary N) is 1. The standard InChI is InChI=1S/C8H17NO2/c1-7(6-8(10)11)4-2-3-5-9/h7H,2-6,9H2,1H3,(H,10,11)/t7-/m0/s1. The fourth-order valence-corrected chi connectivity index (χ4v) is 1.04. The second-order valence-corrected chi connectivity index (χ2v) is 2.99. The summed E-state index contributed by atoms with van der Waals surface area (Å²) in [5.41, 5.74) is 5.30. The Morgan fingerprint density at radius 1 is 1.55 bits per heavy atom. The van der Waals surface area contributed by atoms with Gasteiger partial charge in [0, 0.05) is 6.42 Å². The molecule has 0 saturated heterocycles. The molecule has 0 radical (unpaired) electrons. The van der Waals surface area contributed by atoms with E-state index in [2.05, 4.69) is 0 Å². The first-order chi connectivity index (χ1) is 5.16. The first-order valence-electron chi connectivity index (χ1n) is 4.08. The minimum absolute atomic E-state index is 0.282. The quantitative estimate of drug-likeness (QED) is 0.573. The molecular weight excluding hydrogens is 142 g/mol. The highest BCUT2D eigenvalue weighted by molar-refractivity contribution is 5.66. The molecule has 66 valence electrons. The lowest BCUT2D eigenvalue weighted by atomic mass is 10.0. The van der Waals surface area contributed by atoms with Crippen LogP contribution in [0.15, 0.2) is 0 Å². The topological polar surface area (TPSA) is 63.3 Å². The summed E-state index contributed by atoms with van der Waals surface area (Å²) in [7, 11) is 0. The van der Waals surface area contributed by atoms with E-state index >= 15 is 0 Å². The molecule has 0 aliphatic heterocycles. The number of hydrogen-bond donors (Lipinski definition) is 2. The molecule has 0 unspecified atom stereocenters. The van der Waals surface area contributed by atoms with Gasteiger partial charge in [0.1, 0.15) is 0 Å². The van der Waals surface area contributed by atoms with Gasteiger partial charge in [-0.25, -0.2) is 0 Å². The molecule has 0 aliphatic carbocycles. The average Bonchev–Trinajstić information content (AvgIpc) is 1.86. The number of hydrogen-bond acceptors (Lipinski definition) is 2. The van der Waals surface area contributed by atoms with E-state index in [0.29, 0.717) is 12.5 Å². The number of carbonyl (C=O) groups is 1. The van der Waals surface area contributed by atoms with Gasteiger partial charge in [0.15, 0.2) is 0 Å². The summed E-state index contributed by atoms with van der Waals surface area (Å²) >= 11 is 0. The molecule has 0 aromatic heterocycles. The van der Waals surface area contributed by atoms with Gasteiger partial charge in [0.25, 0.3) is 0 Å². The van der Waals surface area contributed by atoms with Gasteiger partial charge in [-0.05, 0) is 18.9 Å². The van der Waals surface area contributed by atoms with E-state index in [4.69, 9.17) is 10.8 Å². The first kappa shape index (κ1) is 10.4. The van der Waals surface area contributed by atoms with Gasteiger partial charge in [-0.1, -0.05) is 19.8 Å². The van der Waals surface area contributed by atoms with Crippen LogP contribution in [0.3, 0.4) is 0 Å². The van der Waals surface area contributed by atoms with Gasteiger partial charge in [0.05, 0.1) is 0 Å². The molecule has 0 heterocycles. The average molecular weight is 159 g/mol. The highest BCUT2D eigenvalue weighted by Gasteiger charge is 2.05. The predicted molar refractivity (Wildman–Crippen MR) is 44.3 cm³/mol. The maximum Gasteiger partial charge on any atom is 0.303 e.